The molecule has 0 bridgehead atoms. The van der Waals surface area contributed by atoms with Crippen molar-refractivity contribution in [3.63, 3.8) is 0 Å². The quantitative estimate of drug-likeness (QED) is 0.858. The number of hydrogen-bond donors (Lipinski definition) is 2. The normalized spacial score (nSPS) is 27.4. The van der Waals surface area contributed by atoms with Crippen molar-refractivity contribution in [1.82, 2.24) is 0 Å². The van der Waals surface area contributed by atoms with E-state index in [9.17, 15) is 5.11 Å². The molecule has 1 fully saturated rings. The molecule has 1 saturated carbocycles. The van der Waals surface area contributed by atoms with Gasteiger partial charge in [-0.25, -0.2) is 0 Å². The number of fused-ring (bicyclic) bond motifs is 1. The maximum Gasteiger partial charge on any atom is 0.0540 e. The number of aliphatic hydroxyl groups is 1. The minimum Gasteiger partial charge on any atom is -0.393 e. The molecule has 2 nitrogen and oxygen atoms in total. The van der Waals surface area contributed by atoms with E-state index in [4.69, 9.17) is 0 Å². The third-order valence-corrected chi connectivity index (χ3v) is 5.13. The Hall–Kier alpha value is -0.670. The van der Waals surface area contributed by atoms with Crippen LogP contribution in [0.1, 0.15) is 31.2 Å². The third kappa shape index (κ3) is 2.83. The lowest BCUT2D eigenvalue weighted by Crippen LogP contribution is -2.19. The molecule has 1 aliphatic carbocycles. The predicted molar refractivity (Wildman–Crippen MR) is 77.3 cm³/mol. The van der Waals surface area contributed by atoms with Crippen LogP contribution in [-0.4, -0.2) is 23.5 Å². The number of hydrogen-bond acceptors (Lipinski definition) is 3. The summed E-state index contributed by atoms with van der Waals surface area (Å²) in [6.07, 6.45) is 5.48. The van der Waals surface area contributed by atoms with Crippen LogP contribution in [0.3, 0.4) is 0 Å². The second-order valence-corrected chi connectivity index (χ2v) is 6.62. The zero-order valence-electron chi connectivity index (χ0n) is 10.7. The van der Waals surface area contributed by atoms with Gasteiger partial charge in [-0.1, -0.05) is 6.07 Å². The topological polar surface area (TPSA) is 32.3 Å². The molecule has 1 heterocycles. The van der Waals surface area contributed by atoms with Crippen LogP contribution < -0.4 is 5.32 Å². The molecule has 1 aromatic rings. The lowest BCUT2D eigenvalue weighted by atomic mass is 9.83. The summed E-state index contributed by atoms with van der Waals surface area (Å²) in [4.78, 5) is 1.39. The maximum absolute atomic E-state index is 9.54. The van der Waals surface area contributed by atoms with Crippen LogP contribution in [-0.2, 0) is 6.42 Å². The highest BCUT2D eigenvalue weighted by atomic mass is 32.2. The summed E-state index contributed by atoms with van der Waals surface area (Å²) in [5, 5.41) is 13.0. The second-order valence-electron chi connectivity index (χ2n) is 5.48. The first-order chi connectivity index (χ1) is 8.81. The van der Waals surface area contributed by atoms with Crippen molar-refractivity contribution in [3.05, 3.63) is 23.8 Å². The molecule has 0 spiro atoms. The highest BCUT2D eigenvalue weighted by Gasteiger charge is 2.20. The fourth-order valence-corrected chi connectivity index (χ4v) is 3.87. The lowest BCUT2D eigenvalue weighted by Gasteiger charge is -2.26. The molecule has 0 atom stereocenters. The summed E-state index contributed by atoms with van der Waals surface area (Å²) >= 11 is 1.95. The van der Waals surface area contributed by atoms with Crippen molar-refractivity contribution < 1.29 is 5.11 Å². The Kier molecular flexibility index (Phi) is 3.80. The summed E-state index contributed by atoms with van der Waals surface area (Å²) in [6.45, 7) is 1.08. The predicted octanol–water partition coefficient (Wildman–Crippen LogP) is 3.30. The largest absolute Gasteiger partial charge is 0.393 e. The molecule has 0 amide bonds. The van der Waals surface area contributed by atoms with Crippen LogP contribution in [0.5, 0.6) is 0 Å². The highest BCUT2D eigenvalue weighted by Crippen LogP contribution is 2.33. The summed E-state index contributed by atoms with van der Waals surface area (Å²) < 4.78 is 0. The molecule has 1 aliphatic heterocycles. The van der Waals surface area contributed by atoms with Crippen LogP contribution in [0.15, 0.2) is 23.1 Å². The number of thioether (sulfide) groups is 1. The average molecular weight is 263 g/mol. The minimum atomic E-state index is -0.0390. The highest BCUT2D eigenvalue weighted by molar-refractivity contribution is 7.99. The minimum absolute atomic E-state index is 0.0390. The molecule has 0 unspecified atom stereocenters. The van der Waals surface area contributed by atoms with Crippen molar-refractivity contribution in [1.29, 1.82) is 0 Å². The Morgan fingerprint density at radius 2 is 2.06 bits per heavy atom. The lowest BCUT2D eigenvalue weighted by molar-refractivity contribution is 0.109. The van der Waals surface area contributed by atoms with Gasteiger partial charge in [0.1, 0.15) is 0 Å². The molecule has 0 saturated heterocycles. The molecule has 2 N–H and O–H groups in total. The van der Waals surface area contributed by atoms with Gasteiger partial charge in [0.05, 0.1) is 6.10 Å². The van der Waals surface area contributed by atoms with E-state index in [1.165, 1.54) is 41.2 Å². The first kappa shape index (κ1) is 12.4. The van der Waals surface area contributed by atoms with E-state index in [1.807, 2.05) is 11.8 Å². The molecular weight excluding hydrogens is 242 g/mol. The summed E-state index contributed by atoms with van der Waals surface area (Å²) in [5.74, 6) is 1.94. The van der Waals surface area contributed by atoms with E-state index in [0.29, 0.717) is 0 Å². The summed E-state index contributed by atoms with van der Waals surface area (Å²) in [7, 11) is 0. The van der Waals surface area contributed by atoms with Gasteiger partial charge in [-0.3, -0.25) is 0 Å². The van der Waals surface area contributed by atoms with Crippen molar-refractivity contribution >= 4 is 17.4 Å². The maximum atomic E-state index is 9.54. The first-order valence-electron chi connectivity index (χ1n) is 6.99. The van der Waals surface area contributed by atoms with E-state index in [1.54, 1.807) is 0 Å². The van der Waals surface area contributed by atoms with Crippen LogP contribution in [0, 0.1) is 5.92 Å². The Morgan fingerprint density at radius 3 is 2.89 bits per heavy atom. The fraction of sp³-hybridized carbons (Fsp3) is 0.600. The Labute approximate surface area is 113 Å². The molecule has 98 valence electrons. The Bertz CT molecular complexity index is 413. The van der Waals surface area contributed by atoms with E-state index in [0.717, 1.165) is 25.3 Å². The van der Waals surface area contributed by atoms with Crippen molar-refractivity contribution in [2.45, 2.75) is 43.1 Å². The zero-order valence-corrected chi connectivity index (χ0v) is 11.5. The molecule has 3 rings (SSSR count). The van der Waals surface area contributed by atoms with Gasteiger partial charge in [0.2, 0.25) is 0 Å². The van der Waals surface area contributed by atoms with Gasteiger partial charge < -0.3 is 10.4 Å². The SMILES string of the molecule is OC1CCC(Cc2ccc3c(c2)NCCS3)CC1. The van der Waals surface area contributed by atoms with Crippen molar-refractivity contribution in [3.8, 4) is 0 Å². The zero-order chi connectivity index (χ0) is 12.4. The number of nitrogens with one attached hydrogen (secondary N) is 1. The van der Waals surface area contributed by atoms with Gasteiger partial charge in [-0.05, 0) is 55.7 Å². The molecule has 3 heteroatoms. The average Bonchev–Trinajstić information content (AvgIpc) is 2.41. The fourth-order valence-electron chi connectivity index (χ4n) is 3.00. The van der Waals surface area contributed by atoms with Crippen molar-refractivity contribution in [2.24, 2.45) is 5.92 Å². The molecule has 1 aromatic carbocycles. The van der Waals surface area contributed by atoms with Gasteiger partial charge in [0, 0.05) is 22.9 Å². The van der Waals surface area contributed by atoms with Crippen molar-refractivity contribution in [2.75, 3.05) is 17.6 Å². The first-order valence-corrected chi connectivity index (χ1v) is 7.97. The van der Waals surface area contributed by atoms with E-state index < -0.39 is 0 Å². The standard InChI is InChI=1S/C15H21NOS/c17-13-4-1-11(2-5-13)9-12-3-6-15-14(10-12)16-7-8-18-15/h3,6,10-11,13,16-17H,1-2,4-5,7-9H2. The molecule has 0 aromatic heterocycles. The summed E-state index contributed by atoms with van der Waals surface area (Å²) in [5.41, 5.74) is 2.77. The summed E-state index contributed by atoms with van der Waals surface area (Å²) in [6, 6.07) is 6.87. The second kappa shape index (κ2) is 5.54. The number of rotatable bonds is 2. The van der Waals surface area contributed by atoms with Crippen LogP contribution in [0.25, 0.3) is 0 Å². The monoisotopic (exact) mass is 263 g/mol. The third-order valence-electron chi connectivity index (χ3n) is 4.06. The van der Waals surface area contributed by atoms with Gasteiger partial charge in [0.25, 0.3) is 0 Å². The Morgan fingerprint density at radius 1 is 1.22 bits per heavy atom. The molecular formula is C15H21NOS. The van der Waals surface area contributed by atoms with E-state index in [2.05, 4.69) is 23.5 Å². The van der Waals surface area contributed by atoms with Gasteiger partial charge in [0.15, 0.2) is 0 Å². The smallest absolute Gasteiger partial charge is 0.0540 e. The van der Waals surface area contributed by atoms with E-state index in [-0.39, 0.29) is 6.10 Å². The number of benzene rings is 1. The molecule has 2 aliphatic rings. The number of aliphatic hydroxyl groups excluding tert-OH is 1. The van der Waals surface area contributed by atoms with Gasteiger partial charge in [-0.15, -0.1) is 11.8 Å². The number of anilines is 1. The molecule has 0 radical (unpaired) electrons. The van der Waals surface area contributed by atoms with Crippen LogP contribution in [0.2, 0.25) is 0 Å². The van der Waals surface area contributed by atoms with Crippen LogP contribution >= 0.6 is 11.8 Å². The molecule has 18 heavy (non-hydrogen) atoms. The van der Waals surface area contributed by atoms with E-state index >= 15 is 0 Å². The van der Waals surface area contributed by atoms with Crippen LogP contribution in [0.4, 0.5) is 5.69 Å². The van der Waals surface area contributed by atoms with Gasteiger partial charge >= 0.3 is 0 Å². The van der Waals surface area contributed by atoms with Gasteiger partial charge in [-0.2, -0.15) is 0 Å². The Balaban J connectivity index is 1.66.